The Bertz CT molecular complexity index is 978. The first-order chi connectivity index (χ1) is 11.5. The Hall–Kier alpha value is -2.81. The maximum Gasteiger partial charge on any atom is 0.264 e. The van der Waals surface area contributed by atoms with E-state index in [1.54, 1.807) is 7.05 Å². The molecule has 2 aliphatic heterocycles. The summed E-state index contributed by atoms with van der Waals surface area (Å²) in [7, 11) is 1.58. The Labute approximate surface area is 141 Å². The highest BCUT2D eigenvalue weighted by atomic mass is 32.1. The van der Waals surface area contributed by atoms with Gasteiger partial charge in [-0.3, -0.25) is 14.3 Å². The summed E-state index contributed by atoms with van der Waals surface area (Å²) in [5.41, 5.74) is 4.09. The van der Waals surface area contributed by atoms with Crippen molar-refractivity contribution in [1.82, 2.24) is 15.0 Å². The van der Waals surface area contributed by atoms with Crippen LogP contribution in [-0.4, -0.2) is 27.2 Å². The van der Waals surface area contributed by atoms with Gasteiger partial charge in [0.05, 0.1) is 11.8 Å². The van der Waals surface area contributed by atoms with Gasteiger partial charge in [-0.2, -0.15) is 5.10 Å². The van der Waals surface area contributed by atoms with Crippen LogP contribution in [0.3, 0.4) is 0 Å². The van der Waals surface area contributed by atoms with Gasteiger partial charge in [-0.05, 0) is 29.9 Å². The number of benzene rings is 1. The lowest BCUT2D eigenvalue weighted by atomic mass is 9.99. The number of aromatic amines is 1. The van der Waals surface area contributed by atoms with Gasteiger partial charge in [0.2, 0.25) is 12.7 Å². The summed E-state index contributed by atoms with van der Waals surface area (Å²) < 4.78 is 12.2. The zero-order valence-corrected chi connectivity index (χ0v) is 13.5. The Balaban J connectivity index is 1.65. The highest BCUT2D eigenvalue weighted by Crippen LogP contribution is 2.36. The topological polar surface area (TPSA) is 101 Å². The minimum atomic E-state index is -0.456. The van der Waals surface area contributed by atoms with Gasteiger partial charge in [0.25, 0.3) is 5.56 Å². The van der Waals surface area contributed by atoms with Crippen LogP contribution in [-0.2, 0) is 7.05 Å². The second-order valence-electron chi connectivity index (χ2n) is 5.57. The van der Waals surface area contributed by atoms with Gasteiger partial charge in [-0.1, -0.05) is 6.07 Å². The number of hydrazone groups is 1. The Morgan fingerprint density at radius 3 is 3.00 bits per heavy atom. The van der Waals surface area contributed by atoms with E-state index in [4.69, 9.17) is 21.7 Å². The van der Waals surface area contributed by atoms with Gasteiger partial charge >= 0.3 is 0 Å². The summed E-state index contributed by atoms with van der Waals surface area (Å²) in [6.45, 7) is 0.214. The van der Waals surface area contributed by atoms with E-state index < -0.39 is 5.56 Å². The molecule has 1 aromatic carbocycles. The van der Waals surface area contributed by atoms with E-state index >= 15 is 0 Å². The summed E-state index contributed by atoms with van der Waals surface area (Å²) in [4.78, 5) is 14.7. The molecule has 1 unspecified atom stereocenters. The third-order valence-electron chi connectivity index (χ3n) is 4.13. The first-order valence-corrected chi connectivity index (χ1v) is 7.69. The molecular formula is C15H14N4O4S. The fourth-order valence-electron chi connectivity index (χ4n) is 2.79. The third-order valence-corrected chi connectivity index (χ3v) is 4.51. The van der Waals surface area contributed by atoms with E-state index in [9.17, 15) is 9.90 Å². The molecule has 3 N–H and O–H groups in total. The first-order valence-electron chi connectivity index (χ1n) is 7.29. The molecule has 0 bridgehead atoms. The quantitative estimate of drug-likeness (QED) is 0.709. The van der Waals surface area contributed by atoms with E-state index in [2.05, 4.69) is 15.5 Å². The van der Waals surface area contributed by atoms with Crippen molar-refractivity contribution in [2.24, 2.45) is 12.1 Å². The van der Waals surface area contributed by atoms with Crippen molar-refractivity contribution in [1.29, 1.82) is 0 Å². The van der Waals surface area contributed by atoms with Crippen LogP contribution in [0.1, 0.15) is 23.6 Å². The average Bonchev–Trinajstić information content (AvgIpc) is 3.21. The molecule has 2 aliphatic rings. The molecule has 124 valence electrons. The molecule has 3 heterocycles. The summed E-state index contributed by atoms with van der Waals surface area (Å²) >= 11 is 4.97. The van der Waals surface area contributed by atoms with Gasteiger partial charge in [-0.25, -0.2) is 0 Å². The molecule has 1 atom stereocenters. The number of fused-ring (bicyclic) bond motifs is 1. The van der Waals surface area contributed by atoms with Crippen LogP contribution < -0.4 is 20.5 Å². The zero-order valence-electron chi connectivity index (χ0n) is 12.7. The van der Waals surface area contributed by atoms with Crippen molar-refractivity contribution in [3.63, 3.8) is 0 Å². The number of ether oxygens (including phenoxy) is 2. The van der Waals surface area contributed by atoms with E-state index in [1.807, 2.05) is 18.2 Å². The lowest BCUT2D eigenvalue weighted by Crippen LogP contribution is -2.21. The van der Waals surface area contributed by atoms with Gasteiger partial charge in [0.1, 0.15) is 5.56 Å². The smallest absolute Gasteiger partial charge is 0.264 e. The van der Waals surface area contributed by atoms with E-state index in [-0.39, 0.29) is 29.0 Å². The van der Waals surface area contributed by atoms with Crippen LogP contribution in [0.25, 0.3) is 0 Å². The van der Waals surface area contributed by atoms with Gasteiger partial charge in [0.15, 0.2) is 16.3 Å². The van der Waals surface area contributed by atoms with E-state index in [0.717, 1.165) is 5.56 Å². The Kier molecular flexibility index (Phi) is 3.31. The zero-order chi connectivity index (χ0) is 16.8. The van der Waals surface area contributed by atoms with Gasteiger partial charge in [0, 0.05) is 13.5 Å². The minimum Gasteiger partial charge on any atom is -0.494 e. The van der Waals surface area contributed by atoms with Crippen LogP contribution in [0.4, 0.5) is 0 Å². The number of hydrogen-bond donors (Lipinski definition) is 3. The molecule has 1 aromatic heterocycles. The van der Waals surface area contributed by atoms with Crippen molar-refractivity contribution >= 4 is 17.9 Å². The predicted molar refractivity (Wildman–Crippen MR) is 88.1 cm³/mol. The summed E-state index contributed by atoms with van der Waals surface area (Å²) in [6.07, 6.45) is 0.451. The number of nitrogens with one attached hydrogen (secondary N) is 2. The van der Waals surface area contributed by atoms with Crippen molar-refractivity contribution in [3.05, 3.63) is 44.5 Å². The summed E-state index contributed by atoms with van der Waals surface area (Å²) in [5.74, 6) is 1.20. The Morgan fingerprint density at radius 1 is 1.38 bits per heavy atom. The van der Waals surface area contributed by atoms with E-state index in [0.29, 0.717) is 23.6 Å². The minimum absolute atomic E-state index is 0.123. The molecule has 9 heteroatoms. The molecule has 4 rings (SSSR count). The normalized spacial score (nSPS) is 18.4. The van der Waals surface area contributed by atoms with Gasteiger partial charge < -0.3 is 20.0 Å². The molecule has 0 aliphatic carbocycles. The van der Waals surface area contributed by atoms with Crippen LogP contribution in [0.5, 0.6) is 17.4 Å². The molecule has 24 heavy (non-hydrogen) atoms. The second-order valence-corrected chi connectivity index (χ2v) is 5.96. The SMILES string of the molecule is Cn1c(O)c(C2=NNC(c3ccc4c(c3)OCO4)C2)c(=O)[nH]c1=S. The van der Waals surface area contributed by atoms with Crippen LogP contribution in [0.2, 0.25) is 0 Å². The van der Waals surface area contributed by atoms with Gasteiger partial charge in [-0.15, -0.1) is 0 Å². The fraction of sp³-hybridized carbons (Fsp3) is 0.267. The summed E-state index contributed by atoms with van der Waals surface area (Å²) in [5, 5.41) is 14.5. The van der Waals surface area contributed by atoms with Crippen LogP contribution in [0.15, 0.2) is 28.1 Å². The predicted octanol–water partition coefficient (Wildman–Crippen LogP) is 1.32. The first kappa shape index (κ1) is 14.8. The second kappa shape index (κ2) is 5.38. The maximum atomic E-state index is 12.2. The fourth-order valence-corrected chi connectivity index (χ4v) is 2.97. The number of nitrogens with zero attached hydrogens (tertiary/aromatic N) is 2. The molecule has 0 amide bonds. The largest absolute Gasteiger partial charge is 0.494 e. The standard InChI is InChI=1S/C15H14N4O4S/c1-19-14(21)12(13(20)16-15(19)24)9-5-8(17-18-9)7-2-3-10-11(4-7)23-6-22-10/h2-4,8,17,21H,5-6H2,1H3,(H,16,20,24). The third kappa shape index (κ3) is 2.24. The van der Waals surface area contributed by atoms with Crippen molar-refractivity contribution in [2.45, 2.75) is 12.5 Å². The molecule has 0 saturated carbocycles. The molecule has 0 spiro atoms. The van der Waals surface area contributed by atoms with Crippen LogP contribution >= 0.6 is 12.2 Å². The number of H-pyrrole nitrogens is 1. The van der Waals surface area contributed by atoms with E-state index in [1.165, 1.54) is 4.57 Å². The number of aromatic hydroxyl groups is 1. The average molecular weight is 346 g/mol. The molecule has 8 nitrogen and oxygen atoms in total. The number of hydrogen-bond acceptors (Lipinski definition) is 7. The monoisotopic (exact) mass is 346 g/mol. The molecule has 0 fully saturated rings. The number of aromatic nitrogens is 2. The highest BCUT2D eigenvalue weighted by molar-refractivity contribution is 7.71. The molecule has 0 radical (unpaired) electrons. The van der Waals surface area contributed by atoms with Crippen molar-refractivity contribution in [3.8, 4) is 17.4 Å². The highest BCUT2D eigenvalue weighted by Gasteiger charge is 2.27. The maximum absolute atomic E-state index is 12.2. The molecule has 0 saturated heterocycles. The van der Waals surface area contributed by atoms with Crippen molar-refractivity contribution in [2.75, 3.05) is 6.79 Å². The lowest BCUT2D eigenvalue weighted by molar-refractivity contribution is 0.174. The van der Waals surface area contributed by atoms with Crippen LogP contribution in [0, 0.1) is 4.77 Å². The molecular weight excluding hydrogens is 332 g/mol. The molecule has 2 aromatic rings. The number of rotatable bonds is 2. The lowest BCUT2D eigenvalue weighted by Gasteiger charge is -2.11. The van der Waals surface area contributed by atoms with Crippen molar-refractivity contribution < 1.29 is 14.6 Å². The Morgan fingerprint density at radius 2 is 2.17 bits per heavy atom. The summed E-state index contributed by atoms with van der Waals surface area (Å²) in [6, 6.07) is 5.52.